The van der Waals surface area contributed by atoms with Crippen molar-refractivity contribution in [3.8, 4) is 5.75 Å². The Morgan fingerprint density at radius 1 is 1.19 bits per heavy atom. The fourth-order valence-electron chi connectivity index (χ4n) is 3.18. The molecule has 0 radical (unpaired) electrons. The zero-order chi connectivity index (χ0) is 14.5. The van der Waals surface area contributed by atoms with Gasteiger partial charge in [-0.2, -0.15) is 0 Å². The van der Waals surface area contributed by atoms with Gasteiger partial charge in [-0.1, -0.05) is 18.6 Å². The smallest absolute Gasteiger partial charge is 0.191 e. The lowest BCUT2D eigenvalue weighted by Crippen LogP contribution is -2.48. The molecule has 1 aliphatic carbocycles. The van der Waals surface area contributed by atoms with Gasteiger partial charge in [0.05, 0.1) is 7.11 Å². The number of hydrogen-bond acceptors (Lipinski definition) is 4. The minimum absolute atomic E-state index is 0.267. The summed E-state index contributed by atoms with van der Waals surface area (Å²) in [5.41, 5.74) is 1.68. The zero-order valence-corrected chi connectivity index (χ0v) is 12.8. The van der Waals surface area contributed by atoms with Crippen LogP contribution in [0, 0.1) is 0 Å². The monoisotopic (exact) mass is 287 g/mol. The number of benzene rings is 1. The van der Waals surface area contributed by atoms with Gasteiger partial charge >= 0.3 is 0 Å². The van der Waals surface area contributed by atoms with Gasteiger partial charge in [0.25, 0.3) is 0 Å². The second-order valence-electron chi connectivity index (χ2n) is 6.08. The van der Waals surface area contributed by atoms with E-state index in [4.69, 9.17) is 4.74 Å². The van der Waals surface area contributed by atoms with Crippen LogP contribution >= 0.6 is 0 Å². The first-order chi connectivity index (χ1) is 10.3. The Hall–Kier alpha value is -1.71. The van der Waals surface area contributed by atoms with E-state index in [0.29, 0.717) is 0 Å². The predicted octanol–water partition coefficient (Wildman–Crippen LogP) is 2.45. The van der Waals surface area contributed by atoms with E-state index in [9.17, 15) is 0 Å². The van der Waals surface area contributed by atoms with Crippen LogP contribution in [-0.2, 0) is 5.41 Å². The lowest BCUT2D eigenvalue weighted by molar-refractivity contribution is 0.243. The molecule has 1 aromatic carbocycles. The van der Waals surface area contributed by atoms with E-state index in [-0.39, 0.29) is 5.41 Å². The fourth-order valence-corrected chi connectivity index (χ4v) is 3.18. The van der Waals surface area contributed by atoms with E-state index in [1.54, 1.807) is 7.11 Å². The molecule has 1 aromatic rings. The molecule has 0 unspecified atom stereocenters. The summed E-state index contributed by atoms with van der Waals surface area (Å²) in [4.78, 5) is 4.58. The number of nitrogens with one attached hydrogen (secondary N) is 2. The van der Waals surface area contributed by atoms with Crippen LogP contribution in [0.1, 0.15) is 37.7 Å². The number of methoxy groups -OCH3 is 1. The fraction of sp³-hybridized carbons (Fsp3) is 0.588. The van der Waals surface area contributed by atoms with Crippen LogP contribution in [0.3, 0.4) is 0 Å². The molecule has 2 aliphatic rings. The average Bonchev–Trinajstić information content (AvgIpc) is 2.75. The second-order valence-corrected chi connectivity index (χ2v) is 6.08. The van der Waals surface area contributed by atoms with Crippen molar-refractivity contribution < 1.29 is 4.74 Å². The highest BCUT2D eigenvalue weighted by molar-refractivity contribution is 5.80. The maximum absolute atomic E-state index is 5.26. The van der Waals surface area contributed by atoms with E-state index < -0.39 is 0 Å². The van der Waals surface area contributed by atoms with Gasteiger partial charge in [0, 0.05) is 25.0 Å². The third-order valence-corrected chi connectivity index (χ3v) is 4.75. The molecule has 114 valence electrons. The first kappa shape index (κ1) is 14.2. The summed E-state index contributed by atoms with van der Waals surface area (Å²) in [6.45, 7) is 2.93. The van der Waals surface area contributed by atoms with Gasteiger partial charge in [-0.15, -0.1) is 0 Å². The SMILES string of the molecule is COc1ccc(C2(CNC3=NCCCCN3)CCC2)cc1. The van der Waals surface area contributed by atoms with Gasteiger partial charge in [-0.25, -0.2) is 0 Å². The lowest BCUT2D eigenvalue weighted by Gasteiger charge is -2.43. The summed E-state index contributed by atoms with van der Waals surface area (Å²) in [5, 5.41) is 6.93. The highest BCUT2D eigenvalue weighted by Gasteiger charge is 2.38. The van der Waals surface area contributed by atoms with Gasteiger partial charge in [0.1, 0.15) is 5.75 Å². The van der Waals surface area contributed by atoms with Crippen molar-refractivity contribution in [1.82, 2.24) is 10.6 Å². The van der Waals surface area contributed by atoms with Crippen molar-refractivity contribution in [2.24, 2.45) is 4.99 Å². The van der Waals surface area contributed by atoms with Crippen molar-refractivity contribution in [3.05, 3.63) is 29.8 Å². The van der Waals surface area contributed by atoms with Gasteiger partial charge in [0.15, 0.2) is 5.96 Å². The highest BCUT2D eigenvalue weighted by Crippen LogP contribution is 2.43. The van der Waals surface area contributed by atoms with Crippen LogP contribution in [0.4, 0.5) is 0 Å². The minimum atomic E-state index is 0.267. The van der Waals surface area contributed by atoms with Crippen molar-refractivity contribution >= 4 is 5.96 Å². The van der Waals surface area contributed by atoms with Crippen molar-refractivity contribution in [2.45, 2.75) is 37.5 Å². The molecular formula is C17H25N3O. The average molecular weight is 287 g/mol. The first-order valence-corrected chi connectivity index (χ1v) is 7.99. The van der Waals surface area contributed by atoms with E-state index in [0.717, 1.165) is 31.3 Å². The molecule has 0 amide bonds. The largest absolute Gasteiger partial charge is 0.497 e. The molecule has 1 heterocycles. The van der Waals surface area contributed by atoms with Crippen LogP contribution in [0.25, 0.3) is 0 Å². The quantitative estimate of drug-likeness (QED) is 0.894. The zero-order valence-electron chi connectivity index (χ0n) is 12.8. The number of guanidine groups is 1. The van der Waals surface area contributed by atoms with E-state index in [1.165, 1.54) is 37.7 Å². The Morgan fingerprint density at radius 3 is 2.67 bits per heavy atom. The molecule has 4 heteroatoms. The molecule has 2 N–H and O–H groups in total. The molecule has 0 saturated heterocycles. The molecule has 3 rings (SSSR count). The molecule has 1 aliphatic heterocycles. The Kier molecular flexibility index (Phi) is 4.32. The number of rotatable bonds is 4. The third-order valence-electron chi connectivity index (χ3n) is 4.75. The van der Waals surface area contributed by atoms with Gasteiger partial charge < -0.3 is 15.4 Å². The molecule has 0 bridgehead atoms. The molecule has 1 fully saturated rings. The number of hydrogen-bond donors (Lipinski definition) is 2. The topological polar surface area (TPSA) is 45.6 Å². The Morgan fingerprint density at radius 2 is 2.00 bits per heavy atom. The molecule has 0 aromatic heterocycles. The number of nitrogens with zero attached hydrogens (tertiary/aromatic N) is 1. The summed E-state index contributed by atoms with van der Waals surface area (Å²) in [6, 6.07) is 8.55. The number of aliphatic imine (C=N–C) groups is 1. The van der Waals surface area contributed by atoms with Gasteiger partial charge in [0.2, 0.25) is 0 Å². The summed E-state index contributed by atoms with van der Waals surface area (Å²) in [5.74, 6) is 1.91. The molecule has 0 atom stereocenters. The van der Waals surface area contributed by atoms with Gasteiger partial charge in [-0.05, 0) is 43.4 Å². The standard InChI is InChI=1S/C17H25N3O/c1-21-15-7-5-14(6-8-15)17(9-4-10-17)13-20-16-18-11-2-3-12-19-16/h5-8H,2-4,9-13H2,1H3,(H2,18,19,20). The van der Waals surface area contributed by atoms with Crippen molar-refractivity contribution in [3.63, 3.8) is 0 Å². The molecule has 4 nitrogen and oxygen atoms in total. The first-order valence-electron chi connectivity index (χ1n) is 7.99. The van der Waals surface area contributed by atoms with E-state index in [1.807, 2.05) is 0 Å². The normalized spacial score (nSPS) is 20.5. The third kappa shape index (κ3) is 3.14. The van der Waals surface area contributed by atoms with E-state index >= 15 is 0 Å². The maximum Gasteiger partial charge on any atom is 0.191 e. The predicted molar refractivity (Wildman–Crippen MR) is 86.1 cm³/mol. The molecule has 0 spiro atoms. The molecule has 21 heavy (non-hydrogen) atoms. The van der Waals surface area contributed by atoms with Crippen LogP contribution in [0.15, 0.2) is 29.3 Å². The van der Waals surface area contributed by atoms with Crippen LogP contribution in [0.2, 0.25) is 0 Å². The molecule has 1 saturated carbocycles. The number of ether oxygens (including phenoxy) is 1. The van der Waals surface area contributed by atoms with Gasteiger partial charge in [-0.3, -0.25) is 4.99 Å². The van der Waals surface area contributed by atoms with Crippen molar-refractivity contribution in [1.29, 1.82) is 0 Å². The summed E-state index contributed by atoms with van der Waals surface area (Å²) < 4.78 is 5.26. The summed E-state index contributed by atoms with van der Waals surface area (Å²) in [6.07, 6.45) is 6.20. The van der Waals surface area contributed by atoms with E-state index in [2.05, 4.69) is 39.9 Å². The summed E-state index contributed by atoms with van der Waals surface area (Å²) in [7, 11) is 1.71. The second kappa shape index (κ2) is 6.37. The molecular weight excluding hydrogens is 262 g/mol. The Labute approximate surface area is 127 Å². The maximum atomic E-state index is 5.26. The highest BCUT2D eigenvalue weighted by atomic mass is 16.5. The van der Waals surface area contributed by atoms with Crippen LogP contribution in [0.5, 0.6) is 5.75 Å². The Bertz CT molecular complexity index is 491. The van der Waals surface area contributed by atoms with Crippen LogP contribution in [-0.4, -0.2) is 32.7 Å². The Balaban J connectivity index is 1.66. The van der Waals surface area contributed by atoms with Crippen molar-refractivity contribution in [2.75, 3.05) is 26.7 Å². The lowest BCUT2D eigenvalue weighted by atomic mass is 9.64. The summed E-state index contributed by atoms with van der Waals surface area (Å²) >= 11 is 0. The van der Waals surface area contributed by atoms with Crippen LogP contribution < -0.4 is 15.4 Å². The minimum Gasteiger partial charge on any atom is -0.497 e.